The van der Waals surface area contributed by atoms with Crippen LogP contribution in [0.15, 0.2) is 36.4 Å². The minimum absolute atomic E-state index is 0.367. The van der Waals surface area contributed by atoms with Crippen LogP contribution in [0.2, 0.25) is 10.0 Å². The summed E-state index contributed by atoms with van der Waals surface area (Å²) < 4.78 is 5.94. The van der Waals surface area contributed by atoms with Crippen LogP contribution in [0.5, 0.6) is 5.75 Å². The molecule has 2 amide bonds. The van der Waals surface area contributed by atoms with Gasteiger partial charge in [0.05, 0.1) is 10.0 Å². The third-order valence-electron chi connectivity index (χ3n) is 4.50. The molecule has 3 N–H and O–H groups in total. The highest BCUT2D eigenvalue weighted by molar-refractivity contribution is 6.42. The van der Waals surface area contributed by atoms with E-state index in [0.717, 1.165) is 44.0 Å². The van der Waals surface area contributed by atoms with Crippen molar-refractivity contribution in [3.8, 4) is 5.75 Å². The van der Waals surface area contributed by atoms with Gasteiger partial charge in [0, 0.05) is 50.2 Å². The van der Waals surface area contributed by atoms with Crippen molar-refractivity contribution in [2.45, 2.75) is 6.92 Å². The Kier molecular flexibility index (Phi) is 7.39. The highest BCUT2D eigenvalue weighted by Gasteiger charge is 2.10. The Balaban J connectivity index is 1.54. The fraction of sp³-hybridized carbons (Fsp3) is 0.350. The normalized spacial score (nSPS) is 14.5. The zero-order chi connectivity index (χ0) is 19.9. The molecule has 0 atom stereocenters. The van der Waals surface area contributed by atoms with Crippen LogP contribution in [0.1, 0.15) is 5.56 Å². The molecule has 1 saturated heterocycles. The molecule has 2 aromatic carbocycles. The van der Waals surface area contributed by atoms with Crippen LogP contribution in [0.25, 0.3) is 0 Å². The molecule has 6 nitrogen and oxygen atoms in total. The number of halogens is 2. The molecule has 1 heterocycles. The van der Waals surface area contributed by atoms with E-state index in [2.05, 4.69) is 20.9 Å². The van der Waals surface area contributed by atoms with Gasteiger partial charge in [-0.15, -0.1) is 0 Å². The minimum atomic E-state index is -0.367. The molecule has 0 aromatic heterocycles. The lowest BCUT2D eigenvalue weighted by molar-refractivity contribution is 0.191. The van der Waals surface area contributed by atoms with Gasteiger partial charge in [0.25, 0.3) is 0 Å². The number of carbonyl (C=O) groups is 1. The maximum atomic E-state index is 12.2. The molecular formula is C20H24Cl2N4O2. The Morgan fingerprint density at radius 1 is 1.07 bits per heavy atom. The van der Waals surface area contributed by atoms with E-state index in [1.165, 1.54) is 0 Å². The fourth-order valence-electron chi connectivity index (χ4n) is 2.92. The summed E-state index contributed by atoms with van der Waals surface area (Å²) in [6, 6.07) is 10.2. The first kappa shape index (κ1) is 20.7. The molecule has 0 aliphatic carbocycles. The number of anilines is 2. The minimum Gasteiger partial charge on any atom is -0.492 e. The van der Waals surface area contributed by atoms with Gasteiger partial charge in [-0.1, -0.05) is 29.3 Å². The average molecular weight is 423 g/mol. The predicted molar refractivity (Wildman–Crippen MR) is 115 cm³/mol. The maximum Gasteiger partial charge on any atom is 0.323 e. The van der Waals surface area contributed by atoms with Gasteiger partial charge in [0.1, 0.15) is 12.4 Å². The smallest absolute Gasteiger partial charge is 0.323 e. The standard InChI is InChI=1S/C20H24Cl2N4O2/c1-14-2-3-16(13-19(14)28-11-10-26-8-6-23-7-9-26)25-20(27)24-15-4-5-17(21)18(22)12-15/h2-5,12-13,23H,6-11H2,1H3,(H2,24,25,27). The topological polar surface area (TPSA) is 65.6 Å². The molecule has 3 rings (SSSR count). The maximum absolute atomic E-state index is 12.2. The van der Waals surface area contributed by atoms with Crippen LogP contribution in [0, 0.1) is 6.92 Å². The highest BCUT2D eigenvalue weighted by Crippen LogP contribution is 2.26. The molecular weight excluding hydrogens is 399 g/mol. The second-order valence-corrected chi connectivity index (χ2v) is 7.44. The predicted octanol–water partition coefficient (Wildman–Crippen LogP) is 4.23. The van der Waals surface area contributed by atoms with E-state index in [4.69, 9.17) is 27.9 Å². The Morgan fingerprint density at radius 3 is 2.46 bits per heavy atom. The number of nitrogens with one attached hydrogen (secondary N) is 3. The van der Waals surface area contributed by atoms with Crippen LogP contribution in [-0.2, 0) is 0 Å². The van der Waals surface area contributed by atoms with E-state index < -0.39 is 0 Å². The highest BCUT2D eigenvalue weighted by atomic mass is 35.5. The molecule has 2 aromatic rings. The van der Waals surface area contributed by atoms with E-state index in [-0.39, 0.29) is 6.03 Å². The van der Waals surface area contributed by atoms with Crippen LogP contribution in [0.4, 0.5) is 16.2 Å². The number of nitrogens with zero attached hydrogens (tertiary/aromatic N) is 1. The molecule has 28 heavy (non-hydrogen) atoms. The lowest BCUT2D eigenvalue weighted by Crippen LogP contribution is -2.44. The number of urea groups is 1. The summed E-state index contributed by atoms with van der Waals surface area (Å²) in [6.07, 6.45) is 0. The number of hydrogen-bond donors (Lipinski definition) is 3. The molecule has 0 bridgehead atoms. The van der Waals surface area contributed by atoms with Crippen molar-refractivity contribution in [3.05, 3.63) is 52.0 Å². The van der Waals surface area contributed by atoms with Gasteiger partial charge in [0.15, 0.2) is 0 Å². The third-order valence-corrected chi connectivity index (χ3v) is 5.24. The lowest BCUT2D eigenvalue weighted by Gasteiger charge is -2.27. The van der Waals surface area contributed by atoms with Crippen LogP contribution in [-0.4, -0.2) is 50.3 Å². The summed E-state index contributed by atoms with van der Waals surface area (Å²) in [5.41, 5.74) is 2.24. The van der Waals surface area contributed by atoms with Crippen molar-refractivity contribution in [2.75, 3.05) is 50.0 Å². The fourth-order valence-corrected chi connectivity index (χ4v) is 3.22. The molecule has 1 fully saturated rings. The van der Waals surface area contributed by atoms with Gasteiger partial charge < -0.3 is 20.7 Å². The summed E-state index contributed by atoms with van der Waals surface area (Å²) in [6.45, 7) is 7.60. The van der Waals surface area contributed by atoms with Crippen molar-refractivity contribution in [1.29, 1.82) is 0 Å². The molecule has 150 valence electrons. The number of aryl methyl sites for hydroxylation is 1. The number of ether oxygens (including phenoxy) is 1. The molecule has 1 aliphatic heterocycles. The van der Waals surface area contributed by atoms with Crippen molar-refractivity contribution in [3.63, 3.8) is 0 Å². The van der Waals surface area contributed by atoms with Crippen molar-refractivity contribution < 1.29 is 9.53 Å². The van der Waals surface area contributed by atoms with Crippen molar-refractivity contribution in [2.24, 2.45) is 0 Å². The molecule has 1 aliphatic rings. The monoisotopic (exact) mass is 422 g/mol. The number of hydrogen-bond acceptors (Lipinski definition) is 4. The summed E-state index contributed by atoms with van der Waals surface area (Å²) in [5.74, 6) is 0.766. The van der Waals surface area contributed by atoms with E-state index in [0.29, 0.717) is 28.0 Å². The Bertz CT molecular complexity index is 826. The first-order chi connectivity index (χ1) is 13.5. The number of amides is 2. The van der Waals surface area contributed by atoms with Crippen LogP contribution < -0.4 is 20.7 Å². The Morgan fingerprint density at radius 2 is 1.75 bits per heavy atom. The van der Waals surface area contributed by atoms with Gasteiger partial charge in [-0.05, 0) is 36.8 Å². The molecule has 0 radical (unpaired) electrons. The average Bonchev–Trinajstić information content (AvgIpc) is 2.68. The van der Waals surface area contributed by atoms with Gasteiger partial charge in [-0.25, -0.2) is 4.79 Å². The van der Waals surface area contributed by atoms with Gasteiger partial charge >= 0.3 is 6.03 Å². The van der Waals surface area contributed by atoms with Crippen LogP contribution >= 0.6 is 23.2 Å². The quantitative estimate of drug-likeness (QED) is 0.651. The lowest BCUT2D eigenvalue weighted by atomic mass is 10.2. The molecule has 0 spiro atoms. The second-order valence-electron chi connectivity index (χ2n) is 6.63. The zero-order valence-electron chi connectivity index (χ0n) is 15.7. The Labute approximate surface area is 175 Å². The SMILES string of the molecule is Cc1ccc(NC(=O)Nc2ccc(Cl)c(Cl)c2)cc1OCCN1CCNCC1. The van der Waals surface area contributed by atoms with Crippen LogP contribution in [0.3, 0.4) is 0 Å². The van der Waals surface area contributed by atoms with Gasteiger partial charge in [-0.2, -0.15) is 0 Å². The summed E-state index contributed by atoms with van der Waals surface area (Å²) in [7, 11) is 0. The summed E-state index contributed by atoms with van der Waals surface area (Å²) >= 11 is 11.9. The van der Waals surface area contributed by atoms with Crippen molar-refractivity contribution in [1.82, 2.24) is 10.2 Å². The van der Waals surface area contributed by atoms with Gasteiger partial charge in [-0.3, -0.25) is 4.90 Å². The number of carbonyl (C=O) groups excluding carboxylic acids is 1. The van der Waals surface area contributed by atoms with E-state index >= 15 is 0 Å². The van der Waals surface area contributed by atoms with Gasteiger partial charge in [0.2, 0.25) is 0 Å². The molecule has 0 saturated carbocycles. The number of piperazine rings is 1. The third kappa shape index (κ3) is 6.01. The van der Waals surface area contributed by atoms with E-state index in [1.807, 2.05) is 25.1 Å². The zero-order valence-corrected chi connectivity index (χ0v) is 17.2. The Hall–Kier alpha value is -1.99. The second kappa shape index (κ2) is 9.98. The van der Waals surface area contributed by atoms with Crippen molar-refractivity contribution >= 4 is 40.6 Å². The number of benzene rings is 2. The first-order valence-electron chi connectivity index (χ1n) is 9.21. The summed E-state index contributed by atoms with van der Waals surface area (Å²) in [5, 5.41) is 9.70. The first-order valence-corrected chi connectivity index (χ1v) is 9.96. The molecule has 8 heteroatoms. The van der Waals surface area contributed by atoms with E-state index in [1.54, 1.807) is 18.2 Å². The number of rotatable bonds is 6. The summed E-state index contributed by atoms with van der Waals surface area (Å²) in [4.78, 5) is 14.6. The largest absolute Gasteiger partial charge is 0.492 e. The van der Waals surface area contributed by atoms with E-state index in [9.17, 15) is 4.79 Å². The molecule has 0 unspecified atom stereocenters.